The predicted molar refractivity (Wildman–Crippen MR) is 41.1 cm³/mol. The van der Waals surface area contributed by atoms with Crippen LogP contribution in [-0.2, 0) is 0 Å². The molecule has 1 aliphatic heterocycles. The van der Waals surface area contributed by atoms with E-state index in [1.54, 1.807) is 6.20 Å². The first-order chi connectivity index (χ1) is 5.47. The topological polar surface area (TPSA) is 38.1 Å². The summed E-state index contributed by atoms with van der Waals surface area (Å²) in [4.78, 5) is 0. The van der Waals surface area contributed by atoms with Crippen LogP contribution in [0.1, 0.15) is 31.1 Å². The second-order valence-electron chi connectivity index (χ2n) is 2.92. The van der Waals surface area contributed by atoms with Crippen LogP contribution < -0.4 is 5.32 Å². The lowest BCUT2D eigenvalue weighted by atomic mass is 10.0. The molecular weight excluding hydrogens is 140 g/mol. The summed E-state index contributed by atoms with van der Waals surface area (Å²) in [6.07, 6.45) is 5.45. The molecule has 1 aromatic rings. The van der Waals surface area contributed by atoms with E-state index in [4.69, 9.17) is 4.52 Å². The highest BCUT2D eigenvalue weighted by Crippen LogP contribution is 2.21. The fourth-order valence-electron chi connectivity index (χ4n) is 1.50. The van der Waals surface area contributed by atoms with Crippen LogP contribution in [0.25, 0.3) is 0 Å². The van der Waals surface area contributed by atoms with E-state index in [2.05, 4.69) is 10.5 Å². The Morgan fingerprint density at radius 1 is 1.55 bits per heavy atom. The van der Waals surface area contributed by atoms with E-state index in [0.717, 1.165) is 12.3 Å². The molecule has 0 unspecified atom stereocenters. The first-order valence-electron chi connectivity index (χ1n) is 4.11. The number of hydrogen-bond donors (Lipinski definition) is 1. The summed E-state index contributed by atoms with van der Waals surface area (Å²) in [5.74, 6) is 0.977. The van der Waals surface area contributed by atoms with Crippen molar-refractivity contribution < 1.29 is 4.52 Å². The molecule has 1 N–H and O–H groups in total. The monoisotopic (exact) mass is 152 g/mol. The number of rotatable bonds is 1. The van der Waals surface area contributed by atoms with Crippen LogP contribution in [0.2, 0.25) is 0 Å². The fraction of sp³-hybridized carbons (Fsp3) is 0.625. The standard InChI is InChI=1S/C8H12N2O/c1-2-5-9-7(3-1)8-4-6-10-11-8/h4,6-7,9H,1-3,5H2/t7-/m0/s1. The van der Waals surface area contributed by atoms with Crippen molar-refractivity contribution >= 4 is 0 Å². The minimum Gasteiger partial charge on any atom is -0.360 e. The van der Waals surface area contributed by atoms with Gasteiger partial charge >= 0.3 is 0 Å². The molecule has 3 heteroatoms. The van der Waals surface area contributed by atoms with Crippen LogP contribution in [0.15, 0.2) is 16.8 Å². The van der Waals surface area contributed by atoms with E-state index in [-0.39, 0.29) is 0 Å². The van der Waals surface area contributed by atoms with E-state index >= 15 is 0 Å². The zero-order chi connectivity index (χ0) is 7.52. The van der Waals surface area contributed by atoms with Crippen molar-refractivity contribution in [2.45, 2.75) is 25.3 Å². The molecule has 1 fully saturated rings. The molecule has 0 radical (unpaired) electrons. The SMILES string of the molecule is c1cc([C@@H]2CCCCN2)on1. The molecule has 3 nitrogen and oxygen atoms in total. The van der Waals surface area contributed by atoms with Crippen molar-refractivity contribution in [1.82, 2.24) is 10.5 Å². The molecule has 0 aromatic carbocycles. The maximum atomic E-state index is 5.06. The van der Waals surface area contributed by atoms with E-state index < -0.39 is 0 Å². The molecule has 11 heavy (non-hydrogen) atoms. The molecule has 0 amide bonds. The number of aromatic nitrogens is 1. The van der Waals surface area contributed by atoms with Crippen LogP contribution in [-0.4, -0.2) is 11.7 Å². The minimum atomic E-state index is 0.409. The first-order valence-corrected chi connectivity index (χ1v) is 4.11. The average molecular weight is 152 g/mol. The lowest BCUT2D eigenvalue weighted by Crippen LogP contribution is -2.26. The van der Waals surface area contributed by atoms with Crippen molar-refractivity contribution in [2.24, 2.45) is 0 Å². The normalized spacial score (nSPS) is 25.3. The fourth-order valence-corrected chi connectivity index (χ4v) is 1.50. The molecule has 0 aliphatic carbocycles. The molecule has 1 aliphatic rings. The van der Waals surface area contributed by atoms with Crippen molar-refractivity contribution in [3.8, 4) is 0 Å². The van der Waals surface area contributed by atoms with E-state index in [1.165, 1.54) is 19.3 Å². The van der Waals surface area contributed by atoms with Crippen LogP contribution in [0.3, 0.4) is 0 Å². The maximum Gasteiger partial charge on any atom is 0.153 e. The molecule has 0 spiro atoms. The average Bonchev–Trinajstić information content (AvgIpc) is 2.58. The van der Waals surface area contributed by atoms with Gasteiger partial charge in [0.05, 0.1) is 12.2 Å². The third kappa shape index (κ3) is 1.43. The molecule has 1 aromatic heterocycles. The Morgan fingerprint density at radius 3 is 3.18 bits per heavy atom. The second-order valence-corrected chi connectivity index (χ2v) is 2.92. The largest absolute Gasteiger partial charge is 0.360 e. The smallest absolute Gasteiger partial charge is 0.153 e. The summed E-state index contributed by atoms with van der Waals surface area (Å²) in [6, 6.07) is 2.34. The van der Waals surface area contributed by atoms with Crippen LogP contribution in [0, 0.1) is 0 Å². The molecule has 2 rings (SSSR count). The number of nitrogens with zero attached hydrogens (tertiary/aromatic N) is 1. The number of piperidine rings is 1. The lowest BCUT2D eigenvalue weighted by Gasteiger charge is -2.20. The van der Waals surface area contributed by atoms with Crippen molar-refractivity contribution in [3.63, 3.8) is 0 Å². The maximum absolute atomic E-state index is 5.06. The zero-order valence-corrected chi connectivity index (χ0v) is 6.42. The van der Waals surface area contributed by atoms with Crippen LogP contribution in [0.5, 0.6) is 0 Å². The Morgan fingerprint density at radius 2 is 2.55 bits per heavy atom. The van der Waals surface area contributed by atoms with Crippen LogP contribution in [0.4, 0.5) is 0 Å². The van der Waals surface area contributed by atoms with Gasteiger partial charge in [-0.3, -0.25) is 0 Å². The van der Waals surface area contributed by atoms with E-state index in [1.807, 2.05) is 6.07 Å². The summed E-state index contributed by atoms with van der Waals surface area (Å²) in [5.41, 5.74) is 0. The van der Waals surface area contributed by atoms with Gasteiger partial charge in [0.1, 0.15) is 0 Å². The van der Waals surface area contributed by atoms with Gasteiger partial charge in [-0.2, -0.15) is 0 Å². The quantitative estimate of drug-likeness (QED) is 0.662. The summed E-state index contributed by atoms with van der Waals surface area (Å²) < 4.78 is 5.06. The van der Waals surface area contributed by atoms with Gasteiger partial charge in [0.2, 0.25) is 0 Å². The van der Waals surface area contributed by atoms with Crippen molar-refractivity contribution in [3.05, 3.63) is 18.0 Å². The predicted octanol–water partition coefficient (Wildman–Crippen LogP) is 1.49. The molecular formula is C8H12N2O. The Labute approximate surface area is 65.8 Å². The van der Waals surface area contributed by atoms with Crippen molar-refractivity contribution in [2.75, 3.05) is 6.54 Å². The first kappa shape index (κ1) is 6.85. The van der Waals surface area contributed by atoms with E-state index in [0.29, 0.717) is 6.04 Å². The Hall–Kier alpha value is -0.830. The highest BCUT2D eigenvalue weighted by Gasteiger charge is 2.16. The second kappa shape index (κ2) is 3.05. The third-order valence-corrected chi connectivity index (χ3v) is 2.11. The van der Waals surface area contributed by atoms with Gasteiger partial charge in [-0.1, -0.05) is 11.6 Å². The van der Waals surface area contributed by atoms with Gasteiger partial charge in [0.15, 0.2) is 5.76 Å². The van der Waals surface area contributed by atoms with Gasteiger partial charge < -0.3 is 9.84 Å². The summed E-state index contributed by atoms with van der Waals surface area (Å²) >= 11 is 0. The number of nitrogens with one attached hydrogen (secondary N) is 1. The third-order valence-electron chi connectivity index (χ3n) is 2.11. The number of hydrogen-bond acceptors (Lipinski definition) is 3. The zero-order valence-electron chi connectivity index (χ0n) is 6.42. The lowest BCUT2D eigenvalue weighted by molar-refractivity contribution is 0.305. The van der Waals surface area contributed by atoms with Gasteiger partial charge in [-0.15, -0.1) is 0 Å². The van der Waals surface area contributed by atoms with Crippen molar-refractivity contribution in [1.29, 1.82) is 0 Å². The molecule has 0 bridgehead atoms. The van der Waals surface area contributed by atoms with Gasteiger partial charge in [-0.05, 0) is 19.4 Å². The molecule has 1 saturated heterocycles. The highest BCUT2D eigenvalue weighted by molar-refractivity contribution is 5.01. The Bertz CT molecular complexity index is 202. The molecule has 0 saturated carbocycles. The minimum absolute atomic E-state index is 0.409. The van der Waals surface area contributed by atoms with Gasteiger partial charge in [0, 0.05) is 6.07 Å². The van der Waals surface area contributed by atoms with Crippen LogP contribution >= 0.6 is 0 Å². The molecule has 2 heterocycles. The Kier molecular flexibility index (Phi) is 1.90. The molecule has 1 atom stereocenters. The van der Waals surface area contributed by atoms with Gasteiger partial charge in [-0.25, -0.2) is 0 Å². The Balaban J connectivity index is 2.04. The molecule has 60 valence electrons. The summed E-state index contributed by atoms with van der Waals surface area (Å²) in [7, 11) is 0. The summed E-state index contributed by atoms with van der Waals surface area (Å²) in [6.45, 7) is 1.10. The van der Waals surface area contributed by atoms with E-state index in [9.17, 15) is 0 Å². The summed E-state index contributed by atoms with van der Waals surface area (Å²) in [5, 5.41) is 7.07. The highest BCUT2D eigenvalue weighted by atomic mass is 16.5. The van der Waals surface area contributed by atoms with Gasteiger partial charge in [0.25, 0.3) is 0 Å².